The van der Waals surface area contributed by atoms with E-state index in [0.29, 0.717) is 29.2 Å². The lowest BCUT2D eigenvalue weighted by Crippen LogP contribution is -2.30. The van der Waals surface area contributed by atoms with Gasteiger partial charge in [0.2, 0.25) is 11.8 Å². The fourth-order valence-corrected chi connectivity index (χ4v) is 3.16. The van der Waals surface area contributed by atoms with Gasteiger partial charge in [0.15, 0.2) is 11.0 Å². The van der Waals surface area contributed by atoms with Gasteiger partial charge in [-0.05, 0) is 26.3 Å². The number of aromatic nitrogens is 4. The van der Waals surface area contributed by atoms with Gasteiger partial charge in [-0.2, -0.15) is 4.98 Å². The van der Waals surface area contributed by atoms with E-state index in [9.17, 15) is 4.79 Å². The van der Waals surface area contributed by atoms with Crippen molar-refractivity contribution in [3.63, 3.8) is 0 Å². The first-order chi connectivity index (χ1) is 10.6. The van der Waals surface area contributed by atoms with E-state index in [-0.39, 0.29) is 11.8 Å². The Morgan fingerprint density at radius 1 is 1.45 bits per heavy atom. The highest BCUT2D eigenvalue weighted by Gasteiger charge is 2.30. The topological polar surface area (TPSA) is 85.0 Å². The lowest BCUT2D eigenvalue weighted by Gasteiger charge is -2.15. The van der Waals surface area contributed by atoms with E-state index in [1.807, 2.05) is 17.9 Å². The van der Waals surface area contributed by atoms with Gasteiger partial charge < -0.3 is 9.42 Å². The van der Waals surface area contributed by atoms with Gasteiger partial charge >= 0.3 is 0 Å². The molecule has 3 heterocycles. The third-order valence-corrected chi connectivity index (χ3v) is 4.38. The molecule has 0 aliphatic carbocycles. The average Bonchev–Trinajstić information content (AvgIpc) is 3.13. The van der Waals surface area contributed by atoms with Crippen molar-refractivity contribution in [1.29, 1.82) is 0 Å². The maximum atomic E-state index is 12.3. The van der Waals surface area contributed by atoms with E-state index in [2.05, 4.69) is 20.1 Å². The van der Waals surface area contributed by atoms with Crippen LogP contribution in [0.25, 0.3) is 0 Å². The van der Waals surface area contributed by atoms with Gasteiger partial charge in [0.25, 0.3) is 0 Å². The second-order valence-corrected chi connectivity index (χ2v) is 6.22. The Hall–Kier alpha value is -1.96. The van der Waals surface area contributed by atoms with Crippen LogP contribution < -0.4 is 0 Å². The Labute approximate surface area is 132 Å². The fraction of sp³-hybridized carbons (Fsp3) is 0.500. The molecule has 0 aromatic carbocycles. The van der Waals surface area contributed by atoms with Crippen LogP contribution in [0.4, 0.5) is 0 Å². The Kier molecular flexibility index (Phi) is 4.37. The van der Waals surface area contributed by atoms with Crippen LogP contribution in [0.15, 0.2) is 21.9 Å². The van der Waals surface area contributed by atoms with Gasteiger partial charge in [0.1, 0.15) is 0 Å². The summed E-state index contributed by atoms with van der Waals surface area (Å²) in [4.78, 5) is 26.8. The minimum atomic E-state index is 0.0915. The summed E-state index contributed by atoms with van der Waals surface area (Å²) in [6.45, 7) is 5.06. The van der Waals surface area contributed by atoms with Gasteiger partial charge in [0.05, 0.1) is 11.7 Å². The largest absolute Gasteiger partial charge is 0.341 e. The first-order valence-corrected chi connectivity index (χ1v) is 8.11. The molecule has 2 aromatic heterocycles. The molecule has 116 valence electrons. The van der Waals surface area contributed by atoms with Crippen molar-refractivity contribution in [1.82, 2.24) is 25.0 Å². The summed E-state index contributed by atoms with van der Waals surface area (Å²) in [6, 6.07) is 1.84. The maximum Gasteiger partial charge on any atom is 0.233 e. The summed E-state index contributed by atoms with van der Waals surface area (Å²) in [6.07, 6.45) is 2.57. The molecule has 0 unspecified atom stereocenters. The van der Waals surface area contributed by atoms with E-state index in [1.54, 1.807) is 13.1 Å². The highest BCUT2D eigenvalue weighted by molar-refractivity contribution is 7.99. The number of carbonyl (C=O) groups excluding carboxylic acids is 1. The third kappa shape index (κ3) is 3.44. The van der Waals surface area contributed by atoms with Gasteiger partial charge in [-0.15, -0.1) is 0 Å². The normalized spacial score (nSPS) is 17.9. The standard InChI is InChI=1S/C14H17N5O2S/c1-9-3-5-15-14(16-9)22-8-12(20)19-6-4-11(7-19)13-17-10(2)18-21-13/h3,5,11H,4,6-8H2,1-2H3/t11-/m1/s1. The molecule has 1 aliphatic rings. The molecule has 3 rings (SSSR count). The summed E-state index contributed by atoms with van der Waals surface area (Å²) in [7, 11) is 0. The number of nitrogens with zero attached hydrogens (tertiary/aromatic N) is 5. The molecule has 1 fully saturated rings. The van der Waals surface area contributed by atoms with Crippen LogP contribution in [0.2, 0.25) is 0 Å². The molecule has 7 nitrogen and oxygen atoms in total. The fourth-order valence-electron chi connectivity index (χ4n) is 2.38. The van der Waals surface area contributed by atoms with Crippen molar-refractivity contribution in [2.24, 2.45) is 0 Å². The minimum Gasteiger partial charge on any atom is -0.341 e. The van der Waals surface area contributed by atoms with Crippen LogP contribution in [-0.2, 0) is 4.79 Å². The van der Waals surface area contributed by atoms with Crippen LogP contribution in [0.3, 0.4) is 0 Å². The predicted octanol–water partition coefficient (Wildman–Crippen LogP) is 1.58. The van der Waals surface area contributed by atoms with Crippen molar-refractivity contribution in [3.8, 4) is 0 Å². The molecule has 1 amide bonds. The number of hydrogen-bond donors (Lipinski definition) is 0. The van der Waals surface area contributed by atoms with E-state index in [1.165, 1.54) is 11.8 Å². The number of hydrogen-bond acceptors (Lipinski definition) is 7. The molecule has 8 heteroatoms. The van der Waals surface area contributed by atoms with Gasteiger partial charge in [-0.1, -0.05) is 16.9 Å². The number of rotatable bonds is 4. The van der Waals surface area contributed by atoms with Crippen molar-refractivity contribution in [2.45, 2.75) is 31.3 Å². The van der Waals surface area contributed by atoms with E-state index < -0.39 is 0 Å². The number of aryl methyl sites for hydroxylation is 2. The molecule has 2 aromatic rings. The smallest absolute Gasteiger partial charge is 0.233 e. The average molecular weight is 319 g/mol. The molecule has 0 N–H and O–H groups in total. The number of thioether (sulfide) groups is 1. The molecule has 0 radical (unpaired) electrons. The van der Waals surface area contributed by atoms with Gasteiger partial charge in [0, 0.05) is 25.0 Å². The lowest BCUT2D eigenvalue weighted by molar-refractivity contribution is -0.127. The number of amides is 1. The number of likely N-dealkylation sites (tertiary alicyclic amines) is 1. The molecule has 22 heavy (non-hydrogen) atoms. The van der Waals surface area contributed by atoms with Gasteiger partial charge in [-0.25, -0.2) is 9.97 Å². The van der Waals surface area contributed by atoms with Crippen LogP contribution in [0.5, 0.6) is 0 Å². The predicted molar refractivity (Wildman–Crippen MR) is 80.5 cm³/mol. The van der Waals surface area contributed by atoms with Crippen LogP contribution in [0.1, 0.15) is 29.7 Å². The molecule has 0 spiro atoms. The lowest BCUT2D eigenvalue weighted by atomic mass is 10.1. The van der Waals surface area contributed by atoms with Crippen LogP contribution >= 0.6 is 11.8 Å². The highest BCUT2D eigenvalue weighted by atomic mass is 32.2. The Balaban J connectivity index is 1.53. The number of carbonyl (C=O) groups is 1. The Morgan fingerprint density at radius 3 is 3.05 bits per heavy atom. The van der Waals surface area contributed by atoms with Crippen molar-refractivity contribution in [3.05, 3.63) is 29.7 Å². The van der Waals surface area contributed by atoms with Gasteiger partial charge in [-0.3, -0.25) is 4.79 Å². The van der Waals surface area contributed by atoms with E-state index in [0.717, 1.165) is 18.7 Å². The zero-order chi connectivity index (χ0) is 15.5. The zero-order valence-electron chi connectivity index (χ0n) is 12.5. The molecular formula is C14H17N5O2S. The Morgan fingerprint density at radius 2 is 2.32 bits per heavy atom. The minimum absolute atomic E-state index is 0.0915. The summed E-state index contributed by atoms with van der Waals surface area (Å²) < 4.78 is 5.19. The molecule has 1 atom stereocenters. The van der Waals surface area contributed by atoms with Crippen molar-refractivity contribution < 1.29 is 9.32 Å². The second-order valence-electron chi connectivity index (χ2n) is 5.27. The quantitative estimate of drug-likeness (QED) is 0.625. The monoisotopic (exact) mass is 319 g/mol. The molecule has 1 aliphatic heterocycles. The van der Waals surface area contributed by atoms with Crippen LogP contribution in [-0.4, -0.2) is 49.8 Å². The molecule has 0 saturated carbocycles. The third-order valence-electron chi connectivity index (χ3n) is 3.53. The van der Waals surface area contributed by atoms with E-state index >= 15 is 0 Å². The summed E-state index contributed by atoms with van der Waals surface area (Å²) in [5, 5.41) is 4.44. The highest BCUT2D eigenvalue weighted by Crippen LogP contribution is 2.26. The summed E-state index contributed by atoms with van der Waals surface area (Å²) >= 11 is 1.37. The summed E-state index contributed by atoms with van der Waals surface area (Å²) in [5.74, 6) is 1.84. The first-order valence-electron chi connectivity index (χ1n) is 7.12. The maximum absolute atomic E-state index is 12.3. The first kappa shape index (κ1) is 15.0. The second kappa shape index (κ2) is 6.43. The molecular weight excluding hydrogens is 302 g/mol. The van der Waals surface area contributed by atoms with E-state index in [4.69, 9.17) is 4.52 Å². The van der Waals surface area contributed by atoms with Crippen molar-refractivity contribution >= 4 is 17.7 Å². The molecule has 1 saturated heterocycles. The van der Waals surface area contributed by atoms with Crippen molar-refractivity contribution in [2.75, 3.05) is 18.8 Å². The Bertz CT molecular complexity index is 675. The summed E-state index contributed by atoms with van der Waals surface area (Å²) in [5.41, 5.74) is 0.901. The molecule has 0 bridgehead atoms. The SMILES string of the molecule is Cc1ccnc(SCC(=O)N2CC[C@@H](c3nc(C)no3)C2)n1. The van der Waals surface area contributed by atoms with Crippen LogP contribution in [0, 0.1) is 13.8 Å². The zero-order valence-corrected chi connectivity index (χ0v) is 13.3.